The van der Waals surface area contributed by atoms with Gasteiger partial charge in [0.15, 0.2) is 0 Å². The average Bonchev–Trinajstić information content (AvgIpc) is 3.48. The van der Waals surface area contributed by atoms with E-state index in [1.165, 1.54) is 17.0 Å². The Morgan fingerprint density at radius 2 is 2.15 bits per heavy atom. The van der Waals surface area contributed by atoms with Crippen molar-refractivity contribution < 1.29 is 14.3 Å². The number of benzene rings is 1. The topological polar surface area (TPSA) is 75.4 Å². The number of carboxylic acid groups (broad SMARTS) is 1. The van der Waals surface area contributed by atoms with Crippen LogP contribution in [0.3, 0.4) is 0 Å². The average molecular weight is 388 g/mol. The standard InChI is InChI=1S/C19H15ClFN3O3/c1-23(10-5-6-10)17-13(21)8-11-16(15(17)20)24(14-4-2-3-7-22-14)9-12(18(11)25)19(26)27/h2-4,7-10H,5-6H2,1H3,(H,26,27). The monoisotopic (exact) mass is 387 g/mol. The number of halogens is 2. The van der Waals surface area contributed by atoms with Gasteiger partial charge in [-0.1, -0.05) is 17.7 Å². The Morgan fingerprint density at radius 3 is 2.74 bits per heavy atom. The van der Waals surface area contributed by atoms with Crippen LogP contribution in [0.25, 0.3) is 16.7 Å². The molecule has 1 aromatic carbocycles. The second kappa shape index (κ2) is 6.35. The van der Waals surface area contributed by atoms with E-state index in [0.717, 1.165) is 18.9 Å². The van der Waals surface area contributed by atoms with Gasteiger partial charge in [0, 0.05) is 25.5 Å². The molecule has 8 heteroatoms. The Labute approximate surface area is 158 Å². The highest BCUT2D eigenvalue weighted by Crippen LogP contribution is 2.40. The van der Waals surface area contributed by atoms with Gasteiger partial charge in [-0.25, -0.2) is 14.2 Å². The number of aromatic carboxylic acids is 1. The number of fused-ring (bicyclic) bond motifs is 1. The van der Waals surface area contributed by atoms with Crippen molar-refractivity contribution in [1.82, 2.24) is 9.55 Å². The fourth-order valence-electron chi connectivity index (χ4n) is 3.20. The number of aromatic nitrogens is 2. The van der Waals surface area contributed by atoms with Gasteiger partial charge < -0.3 is 10.0 Å². The summed E-state index contributed by atoms with van der Waals surface area (Å²) in [5, 5.41) is 9.34. The molecule has 1 aliphatic rings. The van der Waals surface area contributed by atoms with Gasteiger partial charge in [-0.3, -0.25) is 9.36 Å². The first-order valence-electron chi connectivity index (χ1n) is 8.35. The minimum Gasteiger partial charge on any atom is -0.477 e. The van der Waals surface area contributed by atoms with Gasteiger partial charge in [0.25, 0.3) is 0 Å². The van der Waals surface area contributed by atoms with Crippen LogP contribution in [-0.2, 0) is 0 Å². The molecule has 1 aliphatic carbocycles. The maximum atomic E-state index is 14.8. The van der Waals surface area contributed by atoms with Crippen molar-refractivity contribution in [3.8, 4) is 5.82 Å². The molecular weight excluding hydrogens is 373 g/mol. The summed E-state index contributed by atoms with van der Waals surface area (Å²) >= 11 is 6.56. The van der Waals surface area contributed by atoms with Gasteiger partial charge in [-0.15, -0.1) is 0 Å². The smallest absolute Gasteiger partial charge is 0.341 e. The first-order valence-corrected chi connectivity index (χ1v) is 8.73. The lowest BCUT2D eigenvalue weighted by molar-refractivity contribution is 0.0695. The maximum absolute atomic E-state index is 14.8. The van der Waals surface area contributed by atoms with Crippen molar-refractivity contribution in [1.29, 1.82) is 0 Å². The summed E-state index contributed by atoms with van der Waals surface area (Å²) in [5.41, 5.74) is -0.842. The van der Waals surface area contributed by atoms with Gasteiger partial charge in [-0.05, 0) is 31.0 Å². The largest absolute Gasteiger partial charge is 0.477 e. The molecule has 0 atom stereocenters. The SMILES string of the molecule is CN(c1c(F)cc2c(=O)c(C(=O)O)cn(-c3ccccn3)c2c1Cl)C1CC1. The summed E-state index contributed by atoms with van der Waals surface area (Å²) in [4.78, 5) is 30.1. The van der Waals surface area contributed by atoms with Crippen molar-refractivity contribution in [3.05, 3.63) is 63.3 Å². The summed E-state index contributed by atoms with van der Waals surface area (Å²) < 4.78 is 16.3. The Morgan fingerprint density at radius 1 is 1.41 bits per heavy atom. The van der Waals surface area contributed by atoms with Crippen LogP contribution >= 0.6 is 11.6 Å². The lowest BCUT2D eigenvalue weighted by Crippen LogP contribution is -2.23. The third-order valence-electron chi connectivity index (χ3n) is 4.73. The quantitative estimate of drug-likeness (QED) is 0.741. The molecule has 27 heavy (non-hydrogen) atoms. The van der Waals surface area contributed by atoms with Crippen molar-refractivity contribution in [2.75, 3.05) is 11.9 Å². The molecule has 6 nitrogen and oxygen atoms in total. The predicted octanol–water partition coefficient (Wildman–Crippen LogP) is 3.48. The Balaban J connectivity index is 2.13. The normalized spacial score (nSPS) is 13.7. The predicted molar refractivity (Wildman–Crippen MR) is 101 cm³/mol. The minimum absolute atomic E-state index is 0.0547. The van der Waals surface area contributed by atoms with E-state index in [0.29, 0.717) is 5.82 Å². The minimum atomic E-state index is -1.40. The van der Waals surface area contributed by atoms with Crippen LogP contribution in [0.1, 0.15) is 23.2 Å². The first-order chi connectivity index (χ1) is 12.9. The van der Waals surface area contributed by atoms with E-state index >= 15 is 0 Å². The molecule has 0 spiro atoms. The number of rotatable bonds is 4. The zero-order valence-electron chi connectivity index (χ0n) is 14.3. The van der Waals surface area contributed by atoms with E-state index in [9.17, 15) is 19.1 Å². The van der Waals surface area contributed by atoms with Crippen LogP contribution in [0.5, 0.6) is 0 Å². The van der Waals surface area contributed by atoms with Crippen LogP contribution < -0.4 is 10.3 Å². The summed E-state index contributed by atoms with van der Waals surface area (Å²) in [6.07, 6.45) is 4.60. The van der Waals surface area contributed by atoms with Crippen LogP contribution in [0, 0.1) is 5.82 Å². The van der Waals surface area contributed by atoms with Crippen LogP contribution in [0.4, 0.5) is 10.1 Å². The molecule has 0 bridgehead atoms. The first kappa shape index (κ1) is 17.5. The van der Waals surface area contributed by atoms with Gasteiger partial charge in [0.05, 0.1) is 21.6 Å². The number of carboxylic acids is 1. The molecule has 1 saturated carbocycles. The molecule has 0 aliphatic heterocycles. The van der Waals surface area contributed by atoms with E-state index in [4.69, 9.17) is 11.6 Å². The van der Waals surface area contributed by atoms with Gasteiger partial charge in [0.1, 0.15) is 17.2 Å². The maximum Gasteiger partial charge on any atom is 0.341 e. The number of hydrogen-bond acceptors (Lipinski definition) is 4. The number of hydrogen-bond donors (Lipinski definition) is 1. The molecule has 0 amide bonds. The second-order valence-electron chi connectivity index (χ2n) is 6.49. The Kier molecular flexibility index (Phi) is 4.11. The van der Waals surface area contributed by atoms with E-state index in [2.05, 4.69) is 4.98 Å². The van der Waals surface area contributed by atoms with Crippen LogP contribution in [0.2, 0.25) is 5.02 Å². The molecule has 0 radical (unpaired) electrons. The zero-order valence-corrected chi connectivity index (χ0v) is 15.1. The van der Waals surface area contributed by atoms with Crippen molar-refractivity contribution in [3.63, 3.8) is 0 Å². The third-order valence-corrected chi connectivity index (χ3v) is 5.09. The van der Waals surface area contributed by atoms with Gasteiger partial charge in [-0.2, -0.15) is 0 Å². The summed E-state index contributed by atoms with van der Waals surface area (Å²) in [6, 6.07) is 6.34. The fourth-order valence-corrected chi connectivity index (χ4v) is 3.62. The Hall–Kier alpha value is -2.93. The molecule has 1 fully saturated rings. The van der Waals surface area contributed by atoms with E-state index in [1.807, 2.05) is 0 Å². The number of anilines is 1. The summed E-state index contributed by atoms with van der Waals surface area (Å²) in [7, 11) is 1.75. The van der Waals surface area contributed by atoms with E-state index in [1.54, 1.807) is 30.1 Å². The highest BCUT2D eigenvalue weighted by atomic mass is 35.5. The van der Waals surface area contributed by atoms with E-state index < -0.39 is 22.8 Å². The summed E-state index contributed by atoms with van der Waals surface area (Å²) in [5.74, 6) is -1.69. The van der Waals surface area contributed by atoms with Gasteiger partial charge in [0.2, 0.25) is 5.43 Å². The molecule has 0 unspecified atom stereocenters. The Bertz CT molecular complexity index is 1130. The lowest BCUT2D eigenvalue weighted by Gasteiger charge is -2.23. The molecule has 138 valence electrons. The highest BCUT2D eigenvalue weighted by molar-refractivity contribution is 6.38. The third kappa shape index (κ3) is 2.84. The summed E-state index contributed by atoms with van der Waals surface area (Å²) in [6.45, 7) is 0. The van der Waals surface area contributed by atoms with Crippen LogP contribution in [-0.4, -0.2) is 33.7 Å². The van der Waals surface area contributed by atoms with Crippen molar-refractivity contribution in [2.24, 2.45) is 0 Å². The fraction of sp³-hybridized carbons (Fsp3) is 0.211. The zero-order chi connectivity index (χ0) is 19.3. The second-order valence-corrected chi connectivity index (χ2v) is 6.87. The van der Waals surface area contributed by atoms with E-state index in [-0.39, 0.29) is 27.7 Å². The molecule has 1 N–H and O–H groups in total. The molecule has 4 rings (SSSR count). The highest BCUT2D eigenvalue weighted by Gasteiger charge is 2.31. The molecule has 0 saturated heterocycles. The molecule has 3 aromatic rings. The van der Waals surface area contributed by atoms with Crippen molar-refractivity contribution >= 4 is 34.2 Å². The number of carbonyl (C=O) groups is 1. The molecule has 2 aromatic heterocycles. The van der Waals surface area contributed by atoms with Crippen LogP contribution in [0.15, 0.2) is 41.5 Å². The molecular formula is C19H15ClFN3O3. The number of pyridine rings is 2. The van der Waals surface area contributed by atoms with Gasteiger partial charge >= 0.3 is 5.97 Å². The lowest BCUT2D eigenvalue weighted by atomic mass is 10.1. The molecule has 2 heterocycles. The van der Waals surface area contributed by atoms with Crippen molar-refractivity contribution in [2.45, 2.75) is 18.9 Å². The number of nitrogens with zero attached hydrogens (tertiary/aromatic N) is 3.